The maximum atomic E-state index is 12.1. The van der Waals surface area contributed by atoms with Crippen molar-refractivity contribution in [2.75, 3.05) is 12.3 Å². The van der Waals surface area contributed by atoms with E-state index in [2.05, 4.69) is 15.6 Å². The lowest BCUT2D eigenvalue weighted by Gasteiger charge is -2.08. The van der Waals surface area contributed by atoms with E-state index in [1.54, 1.807) is 42.6 Å². The molecule has 7 heteroatoms. The molecule has 6 nitrogen and oxygen atoms in total. The number of hydrogen-bond donors (Lipinski definition) is 2. The second-order valence-electron chi connectivity index (χ2n) is 4.92. The average Bonchev–Trinajstić information content (AvgIpc) is 2.59. The highest BCUT2D eigenvalue weighted by atomic mass is 32.2. The van der Waals surface area contributed by atoms with E-state index in [-0.39, 0.29) is 11.8 Å². The number of urea groups is 1. The number of nitrogens with one attached hydrogen (secondary N) is 2. The monoisotopic (exact) mass is 333 g/mol. The molecular formula is C16H19N3O3S. The Morgan fingerprint density at radius 2 is 1.74 bits per heavy atom. The predicted molar refractivity (Wildman–Crippen MR) is 87.6 cm³/mol. The molecule has 2 rings (SSSR count). The van der Waals surface area contributed by atoms with Gasteiger partial charge in [0.2, 0.25) is 0 Å². The normalized spacial score (nSPS) is 11.0. The molecule has 0 saturated heterocycles. The van der Waals surface area contributed by atoms with Gasteiger partial charge in [-0.05, 0) is 30.7 Å². The van der Waals surface area contributed by atoms with Gasteiger partial charge in [-0.25, -0.2) is 13.2 Å². The highest BCUT2D eigenvalue weighted by molar-refractivity contribution is 7.91. The summed E-state index contributed by atoms with van der Waals surface area (Å²) in [7, 11) is -3.30. The number of amides is 2. The van der Waals surface area contributed by atoms with Crippen LogP contribution in [-0.4, -0.2) is 31.7 Å². The zero-order valence-electron chi connectivity index (χ0n) is 12.6. The van der Waals surface area contributed by atoms with Crippen molar-refractivity contribution in [3.63, 3.8) is 0 Å². The molecule has 1 aromatic carbocycles. The first-order valence-electron chi connectivity index (χ1n) is 7.27. The van der Waals surface area contributed by atoms with Gasteiger partial charge in [-0.1, -0.05) is 24.3 Å². The fraction of sp³-hybridized carbons (Fsp3) is 0.250. The second kappa shape index (κ2) is 8.28. The topological polar surface area (TPSA) is 88.2 Å². The lowest BCUT2D eigenvalue weighted by atomic mass is 10.3. The van der Waals surface area contributed by atoms with Crippen LogP contribution in [0.5, 0.6) is 0 Å². The van der Waals surface area contributed by atoms with Crippen molar-refractivity contribution in [2.45, 2.75) is 17.9 Å². The van der Waals surface area contributed by atoms with E-state index < -0.39 is 9.84 Å². The maximum Gasteiger partial charge on any atom is 0.315 e. The van der Waals surface area contributed by atoms with Gasteiger partial charge in [0.25, 0.3) is 0 Å². The minimum Gasteiger partial charge on any atom is -0.338 e. The summed E-state index contributed by atoms with van der Waals surface area (Å²) >= 11 is 0. The smallest absolute Gasteiger partial charge is 0.315 e. The Morgan fingerprint density at radius 1 is 1.00 bits per heavy atom. The molecule has 2 amide bonds. The Hall–Kier alpha value is -2.41. The Bertz CT molecular complexity index is 719. The first-order valence-corrected chi connectivity index (χ1v) is 8.92. The number of carbonyl (C=O) groups is 1. The number of benzene rings is 1. The first kappa shape index (κ1) is 17.0. The minimum atomic E-state index is -3.30. The van der Waals surface area contributed by atoms with E-state index in [1.807, 2.05) is 12.1 Å². The SMILES string of the molecule is O=C(NCCCS(=O)(=O)c1ccccc1)NCc1ccccn1. The zero-order chi connectivity index (χ0) is 16.5. The van der Waals surface area contributed by atoms with Crippen molar-refractivity contribution in [2.24, 2.45) is 0 Å². The summed E-state index contributed by atoms with van der Waals surface area (Å²) in [6.07, 6.45) is 2.01. The molecule has 0 saturated carbocycles. The third kappa shape index (κ3) is 5.71. The molecule has 2 N–H and O–H groups in total. The van der Waals surface area contributed by atoms with E-state index in [0.29, 0.717) is 24.4 Å². The summed E-state index contributed by atoms with van der Waals surface area (Å²) in [5, 5.41) is 5.30. The van der Waals surface area contributed by atoms with Gasteiger partial charge in [-0.2, -0.15) is 0 Å². The Labute approximate surface area is 135 Å². The lowest BCUT2D eigenvalue weighted by molar-refractivity contribution is 0.240. The standard InChI is InChI=1S/C16H19N3O3S/c20-16(19-13-14-7-4-5-10-17-14)18-11-6-12-23(21,22)15-8-2-1-3-9-15/h1-5,7-10H,6,11-13H2,(H2,18,19,20). The molecule has 0 spiro atoms. The highest BCUT2D eigenvalue weighted by Gasteiger charge is 2.13. The number of carbonyl (C=O) groups excluding carboxylic acids is 1. The summed E-state index contributed by atoms with van der Waals surface area (Å²) < 4.78 is 24.1. The molecule has 0 radical (unpaired) electrons. The van der Waals surface area contributed by atoms with E-state index in [9.17, 15) is 13.2 Å². The average molecular weight is 333 g/mol. The fourth-order valence-corrected chi connectivity index (χ4v) is 3.28. The van der Waals surface area contributed by atoms with Gasteiger partial charge < -0.3 is 10.6 Å². The van der Waals surface area contributed by atoms with Crippen LogP contribution in [0.15, 0.2) is 59.6 Å². The van der Waals surface area contributed by atoms with E-state index >= 15 is 0 Å². The molecule has 0 unspecified atom stereocenters. The molecular weight excluding hydrogens is 314 g/mol. The number of rotatable bonds is 7. The Morgan fingerprint density at radius 3 is 2.43 bits per heavy atom. The van der Waals surface area contributed by atoms with Gasteiger partial charge in [0.1, 0.15) is 0 Å². The van der Waals surface area contributed by atoms with Crippen LogP contribution in [0.3, 0.4) is 0 Å². The predicted octanol–water partition coefficient (Wildman–Crippen LogP) is 1.74. The van der Waals surface area contributed by atoms with Crippen LogP contribution >= 0.6 is 0 Å². The van der Waals surface area contributed by atoms with Gasteiger partial charge in [0.15, 0.2) is 9.84 Å². The number of nitrogens with zero attached hydrogens (tertiary/aromatic N) is 1. The van der Waals surface area contributed by atoms with Gasteiger partial charge in [0, 0.05) is 12.7 Å². The van der Waals surface area contributed by atoms with Crippen LogP contribution in [0.1, 0.15) is 12.1 Å². The molecule has 1 aromatic heterocycles. The van der Waals surface area contributed by atoms with Gasteiger partial charge in [-0.3, -0.25) is 4.98 Å². The van der Waals surface area contributed by atoms with Gasteiger partial charge >= 0.3 is 6.03 Å². The van der Waals surface area contributed by atoms with Crippen molar-refractivity contribution in [3.8, 4) is 0 Å². The number of pyridine rings is 1. The van der Waals surface area contributed by atoms with E-state index in [4.69, 9.17) is 0 Å². The van der Waals surface area contributed by atoms with Crippen LogP contribution in [-0.2, 0) is 16.4 Å². The Balaban J connectivity index is 1.68. The molecule has 2 aromatic rings. The molecule has 0 aliphatic carbocycles. The summed E-state index contributed by atoms with van der Waals surface area (Å²) in [6, 6.07) is 13.4. The summed E-state index contributed by atoms with van der Waals surface area (Å²) in [6.45, 7) is 0.620. The quantitative estimate of drug-likeness (QED) is 0.756. The van der Waals surface area contributed by atoms with E-state index in [0.717, 1.165) is 5.69 Å². The second-order valence-corrected chi connectivity index (χ2v) is 7.03. The summed E-state index contributed by atoms with van der Waals surface area (Å²) in [5.74, 6) is -0.00245. The minimum absolute atomic E-state index is 0.00245. The van der Waals surface area contributed by atoms with Crippen LogP contribution in [0.2, 0.25) is 0 Å². The van der Waals surface area contributed by atoms with Crippen LogP contribution in [0.4, 0.5) is 4.79 Å². The van der Waals surface area contributed by atoms with Crippen LogP contribution < -0.4 is 10.6 Å². The number of hydrogen-bond acceptors (Lipinski definition) is 4. The Kier molecular flexibility index (Phi) is 6.10. The molecule has 0 bridgehead atoms. The van der Waals surface area contributed by atoms with Crippen LogP contribution in [0.25, 0.3) is 0 Å². The first-order chi connectivity index (χ1) is 11.1. The third-order valence-electron chi connectivity index (χ3n) is 3.13. The third-order valence-corrected chi connectivity index (χ3v) is 4.95. The molecule has 0 fully saturated rings. The molecule has 122 valence electrons. The number of aromatic nitrogens is 1. The zero-order valence-corrected chi connectivity index (χ0v) is 13.4. The van der Waals surface area contributed by atoms with Crippen LogP contribution in [0, 0.1) is 0 Å². The van der Waals surface area contributed by atoms with Crippen molar-refractivity contribution >= 4 is 15.9 Å². The molecule has 1 heterocycles. The summed E-state index contributed by atoms with van der Waals surface area (Å²) in [5.41, 5.74) is 0.759. The van der Waals surface area contributed by atoms with E-state index in [1.165, 1.54) is 0 Å². The molecule has 23 heavy (non-hydrogen) atoms. The number of sulfone groups is 1. The maximum absolute atomic E-state index is 12.1. The van der Waals surface area contributed by atoms with Crippen molar-refractivity contribution in [1.29, 1.82) is 0 Å². The molecule has 0 aliphatic heterocycles. The van der Waals surface area contributed by atoms with Crippen molar-refractivity contribution in [3.05, 3.63) is 60.4 Å². The van der Waals surface area contributed by atoms with Crippen molar-refractivity contribution < 1.29 is 13.2 Å². The summed E-state index contributed by atoms with van der Waals surface area (Å²) in [4.78, 5) is 16.0. The largest absolute Gasteiger partial charge is 0.338 e. The highest BCUT2D eigenvalue weighted by Crippen LogP contribution is 2.10. The van der Waals surface area contributed by atoms with Crippen molar-refractivity contribution in [1.82, 2.24) is 15.6 Å². The van der Waals surface area contributed by atoms with Gasteiger partial charge in [-0.15, -0.1) is 0 Å². The van der Waals surface area contributed by atoms with Gasteiger partial charge in [0.05, 0.1) is 22.9 Å². The molecule has 0 aliphatic rings. The lowest BCUT2D eigenvalue weighted by Crippen LogP contribution is -2.36. The molecule has 0 atom stereocenters. The fourth-order valence-electron chi connectivity index (χ4n) is 1.95.